The van der Waals surface area contributed by atoms with E-state index in [9.17, 15) is 14.4 Å². The van der Waals surface area contributed by atoms with Gasteiger partial charge in [0.05, 0.1) is 17.7 Å². The van der Waals surface area contributed by atoms with Crippen molar-refractivity contribution in [1.29, 1.82) is 0 Å². The van der Waals surface area contributed by atoms with Crippen molar-refractivity contribution in [3.8, 4) is 5.75 Å². The van der Waals surface area contributed by atoms with E-state index in [0.29, 0.717) is 24.3 Å². The molecule has 3 amide bonds. The van der Waals surface area contributed by atoms with Gasteiger partial charge in [-0.25, -0.2) is 0 Å². The lowest BCUT2D eigenvalue weighted by atomic mass is 10.1. The molecule has 0 atom stereocenters. The second-order valence-corrected chi connectivity index (χ2v) is 7.04. The highest BCUT2D eigenvalue weighted by Crippen LogP contribution is 2.26. The molecular formula is C22H22N2O4. The van der Waals surface area contributed by atoms with Crippen molar-refractivity contribution in [3.05, 3.63) is 64.7 Å². The molecule has 2 aromatic rings. The molecule has 2 aromatic carbocycles. The lowest BCUT2D eigenvalue weighted by molar-refractivity contribution is -0.121. The number of amides is 3. The van der Waals surface area contributed by atoms with Gasteiger partial charge >= 0.3 is 0 Å². The Balaban J connectivity index is 1.19. The van der Waals surface area contributed by atoms with Crippen molar-refractivity contribution in [2.45, 2.75) is 25.7 Å². The molecule has 6 heteroatoms. The first-order valence-corrected chi connectivity index (χ1v) is 9.60. The summed E-state index contributed by atoms with van der Waals surface area (Å²) in [5, 5.41) is 2.77. The number of ether oxygens (including phenoxy) is 1. The molecule has 1 heterocycles. The second kappa shape index (κ2) is 7.84. The quantitative estimate of drug-likeness (QED) is 0.593. The minimum atomic E-state index is -0.339. The molecule has 0 saturated carbocycles. The number of carbonyl (C=O) groups is 3. The number of imide groups is 1. The van der Waals surface area contributed by atoms with Crippen molar-refractivity contribution in [2.24, 2.45) is 0 Å². The minimum Gasteiger partial charge on any atom is -0.492 e. The van der Waals surface area contributed by atoms with Crippen LogP contribution in [0.25, 0.3) is 0 Å². The first-order valence-electron chi connectivity index (χ1n) is 9.60. The van der Waals surface area contributed by atoms with Crippen molar-refractivity contribution in [1.82, 2.24) is 10.2 Å². The smallest absolute Gasteiger partial charge is 0.261 e. The van der Waals surface area contributed by atoms with Gasteiger partial charge in [0.15, 0.2) is 0 Å². The highest BCUT2D eigenvalue weighted by molar-refractivity contribution is 6.21. The SMILES string of the molecule is O=C(CCN1C(=O)c2ccccc2C1=O)NCCOc1ccc2c(c1)CCC2. The maximum Gasteiger partial charge on any atom is 0.261 e. The van der Waals surface area contributed by atoms with Gasteiger partial charge in [-0.2, -0.15) is 0 Å². The molecule has 0 unspecified atom stereocenters. The van der Waals surface area contributed by atoms with E-state index in [0.717, 1.165) is 23.5 Å². The van der Waals surface area contributed by atoms with Crippen LogP contribution in [0.1, 0.15) is 44.7 Å². The molecule has 0 fully saturated rings. The third-order valence-electron chi connectivity index (χ3n) is 5.20. The van der Waals surface area contributed by atoms with Crippen LogP contribution in [0, 0.1) is 0 Å². The Morgan fingerprint density at radius 3 is 2.46 bits per heavy atom. The Labute approximate surface area is 163 Å². The van der Waals surface area contributed by atoms with Crippen molar-refractivity contribution in [2.75, 3.05) is 19.7 Å². The third-order valence-corrected chi connectivity index (χ3v) is 5.20. The Hall–Kier alpha value is -3.15. The van der Waals surface area contributed by atoms with E-state index in [1.165, 1.54) is 17.5 Å². The summed E-state index contributed by atoms with van der Waals surface area (Å²) in [5.74, 6) is -0.0725. The van der Waals surface area contributed by atoms with Crippen LogP contribution in [-0.4, -0.2) is 42.3 Å². The van der Waals surface area contributed by atoms with E-state index in [4.69, 9.17) is 4.74 Å². The molecule has 0 bridgehead atoms. The maximum atomic E-state index is 12.3. The fourth-order valence-electron chi connectivity index (χ4n) is 3.74. The average molecular weight is 378 g/mol. The van der Waals surface area contributed by atoms with Gasteiger partial charge in [0.1, 0.15) is 12.4 Å². The molecule has 1 aliphatic carbocycles. The Kier molecular flexibility index (Phi) is 5.10. The Bertz CT molecular complexity index is 903. The molecule has 6 nitrogen and oxygen atoms in total. The standard InChI is InChI=1S/C22H22N2O4/c25-20(10-12-24-21(26)18-6-1-2-7-19(18)22(24)27)23-11-13-28-17-9-8-15-4-3-5-16(15)14-17/h1-2,6-9,14H,3-5,10-13H2,(H,23,25). The lowest BCUT2D eigenvalue weighted by Crippen LogP contribution is -2.35. The van der Waals surface area contributed by atoms with Crippen LogP contribution in [-0.2, 0) is 17.6 Å². The number of carbonyl (C=O) groups excluding carboxylic acids is 3. The van der Waals surface area contributed by atoms with Gasteiger partial charge < -0.3 is 10.1 Å². The van der Waals surface area contributed by atoms with Crippen molar-refractivity contribution >= 4 is 17.7 Å². The van der Waals surface area contributed by atoms with E-state index in [1.807, 2.05) is 6.07 Å². The fraction of sp³-hybridized carbons (Fsp3) is 0.318. The van der Waals surface area contributed by atoms with Crippen LogP contribution in [0.15, 0.2) is 42.5 Å². The monoisotopic (exact) mass is 378 g/mol. The summed E-state index contributed by atoms with van der Waals surface area (Å²) in [7, 11) is 0. The summed E-state index contributed by atoms with van der Waals surface area (Å²) in [4.78, 5) is 37.7. The van der Waals surface area contributed by atoms with E-state index in [2.05, 4.69) is 17.4 Å². The zero-order valence-corrected chi connectivity index (χ0v) is 15.6. The lowest BCUT2D eigenvalue weighted by Gasteiger charge is -2.13. The van der Waals surface area contributed by atoms with Crippen LogP contribution in [0.5, 0.6) is 5.75 Å². The summed E-state index contributed by atoms with van der Waals surface area (Å²) >= 11 is 0. The Morgan fingerprint density at radius 1 is 1.00 bits per heavy atom. The van der Waals surface area contributed by atoms with Gasteiger partial charge in [0.2, 0.25) is 5.91 Å². The zero-order valence-electron chi connectivity index (χ0n) is 15.6. The van der Waals surface area contributed by atoms with Crippen LogP contribution in [0.2, 0.25) is 0 Å². The number of nitrogens with one attached hydrogen (secondary N) is 1. The number of hydrogen-bond donors (Lipinski definition) is 1. The van der Waals surface area contributed by atoms with Gasteiger partial charge in [0, 0.05) is 13.0 Å². The van der Waals surface area contributed by atoms with Gasteiger partial charge in [-0.1, -0.05) is 18.2 Å². The molecule has 0 saturated heterocycles. The fourth-order valence-corrected chi connectivity index (χ4v) is 3.74. The zero-order chi connectivity index (χ0) is 19.5. The molecule has 0 spiro atoms. The van der Waals surface area contributed by atoms with Crippen LogP contribution in [0.3, 0.4) is 0 Å². The van der Waals surface area contributed by atoms with Gasteiger partial charge in [0.25, 0.3) is 11.8 Å². The number of aryl methyl sites for hydroxylation is 2. The second-order valence-electron chi connectivity index (χ2n) is 7.04. The third kappa shape index (κ3) is 3.63. The van der Waals surface area contributed by atoms with E-state index < -0.39 is 0 Å². The number of fused-ring (bicyclic) bond motifs is 2. The topological polar surface area (TPSA) is 75.7 Å². The average Bonchev–Trinajstić information content (AvgIpc) is 3.27. The molecule has 0 aromatic heterocycles. The predicted molar refractivity (Wildman–Crippen MR) is 103 cm³/mol. The van der Waals surface area contributed by atoms with Crippen LogP contribution < -0.4 is 10.1 Å². The minimum absolute atomic E-state index is 0.0733. The van der Waals surface area contributed by atoms with Crippen molar-refractivity contribution < 1.29 is 19.1 Å². The normalized spacial score (nSPS) is 14.8. The Morgan fingerprint density at radius 2 is 1.71 bits per heavy atom. The number of rotatable bonds is 7. The molecule has 1 aliphatic heterocycles. The maximum absolute atomic E-state index is 12.3. The molecule has 2 aliphatic rings. The molecule has 28 heavy (non-hydrogen) atoms. The molecule has 144 valence electrons. The number of hydrogen-bond acceptors (Lipinski definition) is 4. The van der Waals surface area contributed by atoms with Crippen LogP contribution in [0.4, 0.5) is 0 Å². The van der Waals surface area contributed by atoms with Crippen LogP contribution >= 0.6 is 0 Å². The van der Waals surface area contributed by atoms with E-state index in [1.54, 1.807) is 24.3 Å². The largest absolute Gasteiger partial charge is 0.492 e. The summed E-state index contributed by atoms with van der Waals surface area (Å²) < 4.78 is 5.70. The molecule has 0 radical (unpaired) electrons. The molecule has 4 rings (SSSR count). The first-order chi connectivity index (χ1) is 13.6. The predicted octanol–water partition coefficient (Wildman–Crippen LogP) is 2.36. The molecular weight excluding hydrogens is 356 g/mol. The van der Waals surface area contributed by atoms with E-state index >= 15 is 0 Å². The van der Waals surface area contributed by atoms with Gasteiger partial charge in [-0.15, -0.1) is 0 Å². The van der Waals surface area contributed by atoms with Gasteiger partial charge in [-0.05, 0) is 54.7 Å². The first kappa shape index (κ1) is 18.2. The van der Waals surface area contributed by atoms with Crippen molar-refractivity contribution in [3.63, 3.8) is 0 Å². The summed E-state index contributed by atoms with van der Waals surface area (Å²) in [6, 6.07) is 12.9. The number of nitrogens with zero attached hydrogens (tertiary/aromatic N) is 1. The summed E-state index contributed by atoms with van der Waals surface area (Å²) in [6.07, 6.45) is 3.51. The van der Waals surface area contributed by atoms with E-state index in [-0.39, 0.29) is 30.7 Å². The summed E-state index contributed by atoms with van der Waals surface area (Å²) in [5.41, 5.74) is 3.54. The summed E-state index contributed by atoms with van der Waals surface area (Å²) in [6.45, 7) is 0.819. The highest BCUT2D eigenvalue weighted by Gasteiger charge is 2.34. The van der Waals surface area contributed by atoms with Gasteiger partial charge in [-0.3, -0.25) is 19.3 Å². The number of benzene rings is 2. The highest BCUT2D eigenvalue weighted by atomic mass is 16.5. The molecule has 1 N–H and O–H groups in total.